The van der Waals surface area contributed by atoms with Gasteiger partial charge in [-0.1, -0.05) is 32.9 Å². The fourth-order valence-electron chi connectivity index (χ4n) is 2.57. The Hall–Kier alpha value is -3.01. The van der Waals surface area contributed by atoms with Gasteiger partial charge in [0.05, 0.1) is 0 Å². The number of nitrogens with zero attached hydrogens (tertiary/aromatic N) is 1. The monoisotopic (exact) mass is 333 g/mol. The number of rotatable bonds is 3. The summed E-state index contributed by atoms with van der Waals surface area (Å²) in [6, 6.07) is 19.3. The van der Waals surface area contributed by atoms with E-state index in [0.717, 1.165) is 17.1 Å². The Balaban J connectivity index is 1.61. The third-order valence-corrected chi connectivity index (χ3v) is 4.04. The molecule has 25 heavy (non-hydrogen) atoms. The first-order valence-corrected chi connectivity index (χ1v) is 8.34. The fraction of sp³-hybridized carbons (Fsp3) is 0.190. The lowest BCUT2D eigenvalue weighted by atomic mass is 9.87. The molecule has 3 rings (SSSR count). The normalized spacial score (nSPS) is 11.2. The maximum Gasteiger partial charge on any atom is 0.323 e. The minimum absolute atomic E-state index is 0.0995. The molecule has 1 aromatic heterocycles. The van der Waals surface area contributed by atoms with Gasteiger partial charge < -0.3 is 15.2 Å². The topological polar surface area (TPSA) is 46.1 Å². The Kier molecular flexibility index (Phi) is 4.61. The molecule has 0 aliphatic heterocycles. The number of carbonyl (C=O) groups excluding carboxylic acids is 1. The zero-order valence-corrected chi connectivity index (χ0v) is 14.8. The van der Waals surface area contributed by atoms with Gasteiger partial charge in [-0.3, -0.25) is 0 Å². The largest absolute Gasteiger partial charge is 0.324 e. The van der Waals surface area contributed by atoms with E-state index in [-0.39, 0.29) is 11.4 Å². The quantitative estimate of drug-likeness (QED) is 0.660. The number of amides is 2. The molecule has 0 bridgehead atoms. The molecule has 0 saturated heterocycles. The van der Waals surface area contributed by atoms with Crippen molar-refractivity contribution in [3.8, 4) is 5.69 Å². The van der Waals surface area contributed by atoms with E-state index in [9.17, 15) is 4.79 Å². The third kappa shape index (κ3) is 4.29. The van der Waals surface area contributed by atoms with E-state index in [0.29, 0.717) is 0 Å². The summed E-state index contributed by atoms with van der Waals surface area (Å²) in [5.74, 6) is 0. The van der Waals surface area contributed by atoms with Gasteiger partial charge in [0.15, 0.2) is 0 Å². The molecule has 2 amide bonds. The number of anilines is 2. The second-order valence-corrected chi connectivity index (χ2v) is 7.04. The van der Waals surface area contributed by atoms with Crippen molar-refractivity contribution < 1.29 is 4.79 Å². The molecule has 2 N–H and O–H groups in total. The highest BCUT2D eigenvalue weighted by molar-refractivity contribution is 5.99. The molecule has 0 atom stereocenters. The Morgan fingerprint density at radius 1 is 0.800 bits per heavy atom. The maximum atomic E-state index is 12.1. The lowest BCUT2D eigenvalue weighted by Gasteiger charge is -2.19. The second-order valence-electron chi connectivity index (χ2n) is 7.04. The van der Waals surface area contributed by atoms with Crippen LogP contribution < -0.4 is 10.6 Å². The van der Waals surface area contributed by atoms with Gasteiger partial charge in [0, 0.05) is 29.5 Å². The standard InChI is InChI=1S/C21H23N3O/c1-21(2,3)16-6-8-17(9-7-16)22-20(25)23-18-10-12-19(13-11-18)24-14-4-5-15-24/h4-15H,1-3H3,(H2,22,23,25). The van der Waals surface area contributed by atoms with Crippen LogP contribution in [-0.2, 0) is 5.41 Å². The predicted molar refractivity (Wildman–Crippen MR) is 104 cm³/mol. The molecule has 4 heteroatoms. The number of nitrogens with one attached hydrogen (secondary N) is 2. The van der Waals surface area contributed by atoms with E-state index in [1.165, 1.54) is 5.56 Å². The van der Waals surface area contributed by atoms with Crippen molar-refractivity contribution in [3.63, 3.8) is 0 Å². The number of aromatic nitrogens is 1. The van der Waals surface area contributed by atoms with Crippen LogP contribution in [0.25, 0.3) is 5.69 Å². The molecule has 0 radical (unpaired) electrons. The SMILES string of the molecule is CC(C)(C)c1ccc(NC(=O)Nc2ccc(-n3cccc3)cc2)cc1. The summed E-state index contributed by atoms with van der Waals surface area (Å²) < 4.78 is 2.01. The predicted octanol–water partition coefficient (Wildman–Crippen LogP) is 5.42. The van der Waals surface area contributed by atoms with Crippen molar-refractivity contribution in [2.75, 3.05) is 10.6 Å². The van der Waals surface area contributed by atoms with Crippen LogP contribution in [0.2, 0.25) is 0 Å². The second kappa shape index (κ2) is 6.85. The van der Waals surface area contributed by atoms with Crippen LogP contribution in [-0.4, -0.2) is 10.6 Å². The Labute approximate surface area is 148 Å². The lowest BCUT2D eigenvalue weighted by Crippen LogP contribution is -2.19. The van der Waals surface area contributed by atoms with Crippen molar-refractivity contribution in [2.45, 2.75) is 26.2 Å². The summed E-state index contributed by atoms with van der Waals surface area (Å²) in [6.07, 6.45) is 3.97. The molecule has 2 aromatic carbocycles. The summed E-state index contributed by atoms with van der Waals surface area (Å²) in [4.78, 5) is 12.1. The first-order valence-electron chi connectivity index (χ1n) is 8.34. The molecular formula is C21H23N3O. The van der Waals surface area contributed by atoms with E-state index >= 15 is 0 Å². The molecule has 0 aliphatic rings. The number of urea groups is 1. The van der Waals surface area contributed by atoms with E-state index < -0.39 is 0 Å². The molecule has 0 spiro atoms. The molecule has 128 valence electrons. The van der Waals surface area contributed by atoms with Crippen LogP contribution in [0, 0.1) is 0 Å². The molecule has 0 fully saturated rings. The van der Waals surface area contributed by atoms with Gasteiger partial charge >= 0.3 is 6.03 Å². The minimum Gasteiger partial charge on any atom is -0.324 e. The Morgan fingerprint density at radius 2 is 1.28 bits per heavy atom. The highest BCUT2D eigenvalue weighted by atomic mass is 16.2. The van der Waals surface area contributed by atoms with E-state index in [1.54, 1.807) is 0 Å². The molecule has 3 aromatic rings. The van der Waals surface area contributed by atoms with Crippen molar-refractivity contribution >= 4 is 17.4 Å². The first kappa shape index (κ1) is 16.8. The smallest absolute Gasteiger partial charge is 0.323 e. The number of carbonyl (C=O) groups is 1. The number of benzene rings is 2. The van der Waals surface area contributed by atoms with Crippen LogP contribution in [0.5, 0.6) is 0 Å². The summed E-state index contributed by atoms with van der Waals surface area (Å²) in [5, 5.41) is 5.70. The zero-order chi connectivity index (χ0) is 17.9. The van der Waals surface area contributed by atoms with Gasteiger partial charge in [0.2, 0.25) is 0 Å². The van der Waals surface area contributed by atoms with Gasteiger partial charge in [-0.15, -0.1) is 0 Å². The summed E-state index contributed by atoms with van der Waals surface area (Å²) in [7, 11) is 0. The molecule has 0 aliphatic carbocycles. The molecule has 0 saturated carbocycles. The van der Waals surface area contributed by atoms with Gasteiger partial charge in [-0.2, -0.15) is 0 Å². The maximum absolute atomic E-state index is 12.1. The van der Waals surface area contributed by atoms with Crippen LogP contribution >= 0.6 is 0 Å². The minimum atomic E-state index is -0.253. The van der Waals surface area contributed by atoms with Gasteiger partial charge in [-0.05, 0) is 59.5 Å². The molecule has 1 heterocycles. The highest BCUT2D eigenvalue weighted by Crippen LogP contribution is 2.23. The van der Waals surface area contributed by atoms with Crippen molar-refractivity contribution in [3.05, 3.63) is 78.6 Å². The number of hydrogen-bond donors (Lipinski definition) is 2. The van der Waals surface area contributed by atoms with E-state index in [2.05, 4.69) is 31.4 Å². The Morgan fingerprint density at radius 3 is 1.76 bits per heavy atom. The van der Waals surface area contributed by atoms with Crippen LogP contribution in [0.3, 0.4) is 0 Å². The summed E-state index contributed by atoms with van der Waals surface area (Å²) >= 11 is 0. The average molecular weight is 333 g/mol. The van der Waals surface area contributed by atoms with Gasteiger partial charge in [0.25, 0.3) is 0 Å². The van der Waals surface area contributed by atoms with Crippen molar-refractivity contribution in [1.29, 1.82) is 0 Å². The van der Waals surface area contributed by atoms with Gasteiger partial charge in [-0.25, -0.2) is 4.79 Å². The molecule has 0 unspecified atom stereocenters. The first-order chi connectivity index (χ1) is 11.9. The summed E-state index contributed by atoms with van der Waals surface area (Å²) in [5.41, 5.74) is 3.91. The third-order valence-electron chi connectivity index (χ3n) is 4.04. The Bertz CT molecular complexity index is 826. The van der Waals surface area contributed by atoms with Crippen LogP contribution in [0.4, 0.5) is 16.2 Å². The molecule has 4 nitrogen and oxygen atoms in total. The van der Waals surface area contributed by atoms with Crippen molar-refractivity contribution in [2.24, 2.45) is 0 Å². The average Bonchev–Trinajstić information content (AvgIpc) is 3.09. The summed E-state index contributed by atoms with van der Waals surface area (Å²) in [6.45, 7) is 6.50. The fourth-order valence-corrected chi connectivity index (χ4v) is 2.57. The number of hydrogen-bond acceptors (Lipinski definition) is 1. The molecular weight excluding hydrogens is 310 g/mol. The lowest BCUT2D eigenvalue weighted by molar-refractivity contribution is 0.262. The van der Waals surface area contributed by atoms with Gasteiger partial charge in [0.1, 0.15) is 0 Å². The van der Waals surface area contributed by atoms with Crippen molar-refractivity contribution in [1.82, 2.24) is 4.57 Å². The highest BCUT2D eigenvalue weighted by Gasteiger charge is 2.13. The van der Waals surface area contributed by atoms with Crippen LogP contribution in [0.15, 0.2) is 73.1 Å². The zero-order valence-electron chi connectivity index (χ0n) is 14.8. The van der Waals surface area contributed by atoms with E-state index in [1.807, 2.05) is 77.6 Å². The van der Waals surface area contributed by atoms with Crippen LogP contribution in [0.1, 0.15) is 26.3 Å². The van der Waals surface area contributed by atoms with E-state index in [4.69, 9.17) is 0 Å².